The lowest BCUT2D eigenvalue weighted by molar-refractivity contribution is 0.757. The Morgan fingerprint density at radius 1 is 1.55 bits per heavy atom. The van der Waals surface area contributed by atoms with Crippen LogP contribution < -0.4 is 10.6 Å². The van der Waals surface area contributed by atoms with Crippen LogP contribution in [0.4, 0.5) is 10.9 Å². The zero-order valence-corrected chi connectivity index (χ0v) is 13.2. The van der Waals surface area contributed by atoms with Crippen LogP contribution in [-0.2, 0) is 6.42 Å². The SMILES string of the molecule is Cc1cn2nc(N(C)CCCc3[nH]nc(N)c3C#N)sc2n1. The molecule has 0 aliphatic carbocycles. The average Bonchev–Trinajstić information content (AvgIpc) is 3.11. The first kappa shape index (κ1) is 14.3. The summed E-state index contributed by atoms with van der Waals surface area (Å²) in [7, 11) is 2.00. The summed E-state index contributed by atoms with van der Waals surface area (Å²) < 4.78 is 1.80. The molecule has 0 unspecified atom stereocenters. The Morgan fingerprint density at radius 2 is 2.36 bits per heavy atom. The van der Waals surface area contributed by atoms with E-state index in [4.69, 9.17) is 11.0 Å². The van der Waals surface area contributed by atoms with E-state index in [-0.39, 0.29) is 5.82 Å². The molecule has 0 aromatic carbocycles. The van der Waals surface area contributed by atoms with Crippen LogP contribution in [0.2, 0.25) is 0 Å². The maximum atomic E-state index is 9.04. The van der Waals surface area contributed by atoms with Gasteiger partial charge in [0, 0.05) is 13.6 Å². The number of rotatable bonds is 5. The van der Waals surface area contributed by atoms with E-state index in [1.807, 2.05) is 20.2 Å². The van der Waals surface area contributed by atoms with Crippen LogP contribution in [0, 0.1) is 18.3 Å². The molecule has 0 radical (unpaired) electrons. The van der Waals surface area contributed by atoms with Gasteiger partial charge in [0.15, 0.2) is 5.82 Å². The summed E-state index contributed by atoms with van der Waals surface area (Å²) in [5.74, 6) is 0.266. The molecular formula is C13H16N8S. The summed E-state index contributed by atoms with van der Waals surface area (Å²) in [6.45, 7) is 2.77. The predicted octanol–water partition coefficient (Wildman–Crippen LogP) is 1.35. The second-order valence-corrected chi connectivity index (χ2v) is 6.03. The molecule has 3 aromatic rings. The molecule has 8 nitrogen and oxygen atoms in total. The highest BCUT2D eigenvalue weighted by atomic mass is 32.1. The van der Waals surface area contributed by atoms with E-state index >= 15 is 0 Å². The Balaban J connectivity index is 1.61. The molecule has 3 heterocycles. The number of anilines is 2. The summed E-state index contributed by atoms with van der Waals surface area (Å²) in [6.07, 6.45) is 3.50. The zero-order chi connectivity index (χ0) is 15.7. The first-order chi connectivity index (χ1) is 10.6. The molecule has 0 atom stereocenters. The summed E-state index contributed by atoms with van der Waals surface area (Å²) in [5.41, 5.74) is 7.83. The van der Waals surface area contributed by atoms with Crippen LogP contribution in [-0.4, -0.2) is 38.4 Å². The minimum absolute atomic E-state index is 0.266. The molecule has 0 aliphatic rings. The molecule has 0 aliphatic heterocycles. The molecule has 114 valence electrons. The van der Waals surface area contributed by atoms with Gasteiger partial charge in [-0.1, -0.05) is 11.3 Å². The number of imidazole rings is 1. The fraction of sp³-hybridized carbons (Fsp3) is 0.385. The third-order valence-corrected chi connectivity index (χ3v) is 4.42. The van der Waals surface area contributed by atoms with Gasteiger partial charge in [-0.25, -0.2) is 9.50 Å². The molecule has 0 fully saturated rings. The van der Waals surface area contributed by atoms with Crippen molar-refractivity contribution in [3.63, 3.8) is 0 Å². The van der Waals surface area contributed by atoms with Crippen LogP contribution in [0.3, 0.4) is 0 Å². The van der Waals surface area contributed by atoms with Crippen molar-refractivity contribution in [3.8, 4) is 6.07 Å². The first-order valence-corrected chi connectivity index (χ1v) is 7.67. The molecule has 22 heavy (non-hydrogen) atoms. The Kier molecular flexibility index (Phi) is 3.68. The van der Waals surface area contributed by atoms with E-state index < -0.39 is 0 Å². The van der Waals surface area contributed by atoms with Crippen molar-refractivity contribution in [1.82, 2.24) is 24.8 Å². The van der Waals surface area contributed by atoms with Gasteiger partial charge in [-0.05, 0) is 19.8 Å². The monoisotopic (exact) mass is 316 g/mol. The highest BCUT2D eigenvalue weighted by molar-refractivity contribution is 7.20. The van der Waals surface area contributed by atoms with Gasteiger partial charge in [0.05, 0.1) is 17.6 Å². The second-order valence-electron chi connectivity index (χ2n) is 5.09. The molecule has 0 amide bonds. The molecule has 3 rings (SSSR count). The number of nitrogen functional groups attached to an aromatic ring is 1. The van der Waals surface area contributed by atoms with Gasteiger partial charge in [-0.15, -0.1) is 5.10 Å². The number of hydrogen-bond donors (Lipinski definition) is 2. The summed E-state index contributed by atoms with van der Waals surface area (Å²) in [6, 6.07) is 2.08. The summed E-state index contributed by atoms with van der Waals surface area (Å²) in [5, 5.41) is 21.1. The molecular weight excluding hydrogens is 300 g/mol. The first-order valence-electron chi connectivity index (χ1n) is 6.85. The number of nitrogens with one attached hydrogen (secondary N) is 1. The molecule has 0 spiro atoms. The number of H-pyrrole nitrogens is 1. The van der Waals surface area contributed by atoms with Gasteiger partial charge in [0.2, 0.25) is 10.1 Å². The number of nitrogens with two attached hydrogens (primary N) is 1. The molecule has 0 saturated heterocycles. The van der Waals surface area contributed by atoms with Crippen LogP contribution >= 0.6 is 11.3 Å². The van der Waals surface area contributed by atoms with Gasteiger partial charge in [-0.2, -0.15) is 10.4 Å². The lowest BCUT2D eigenvalue weighted by Gasteiger charge is -2.14. The standard InChI is InChI=1S/C13H16N8S/c1-8-7-21-12(16-8)22-13(19-21)20(2)5-3-4-10-9(6-14)11(15)18-17-10/h7H,3-5H2,1-2H3,(H3,15,17,18). The maximum Gasteiger partial charge on any atom is 0.214 e. The molecule has 3 aromatic heterocycles. The van der Waals surface area contributed by atoms with Crippen molar-refractivity contribution in [3.05, 3.63) is 23.1 Å². The number of fused-ring (bicyclic) bond motifs is 1. The van der Waals surface area contributed by atoms with Gasteiger partial charge in [0.1, 0.15) is 11.6 Å². The fourth-order valence-electron chi connectivity index (χ4n) is 2.24. The minimum atomic E-state index is 0.266. The molecule has 3 N–H and O–H groups in total. The number of nitrogens with zero attached hydrogens (tertiary/aromatic N) is 6. The van der Waals surface area contributed by atoms with Gasteiger partial charge in [0.25, 0.3) is 0 Å². The average molecular weight is 316 g/mol. The lowest BCUT2D eigenvalue weighted by atomic mass is 10.1. The highest BCUT2D eigenvalue weighted by Crippen LogP contribution is 2.22. The van der Waals surface area contributed by atoms with Crippen LogP contribution in [0.25, 0.3) is 4.96 Å². The normalized spacial score (nSPS) is 11.0. The van der Waals surface area contributed by atoms with E-state index in [1.165, 1.54) is 0 Å². The van der Waals surface area contributed by atoms with Crippen LogP contribution in [0.15, 0.2) is 6.20 Å². The van der Waals surface area contributed by atoms with Gasteiger partial charge in [-0.3, -0.25) is 5.10 Å². The number of aromatic nitrogens is 5. The molecule has 9 heteroatoms. The zero-order valence-electron chi connectivity index (χ0n) is 12.4. The van der Waals surface area contributed by atoms with Crippen molar-refractivity contribution >= 4 is 27.2 Å². The Bertz CT molecular complexity index is 805. The highest BCUT2D eigenvalue weighted by Gasteiger charge is 2.12. The number of aromatic amines is 1. The quantitative estimate of drug-likeness (QED) is 0.734. The number of aryl methyl sites for hydroxylation is 2. The topological polar surface area (TPSA) is 112 Å². The van der Waals surface area contributed by atoms with Crippen molar-refractivity contribution in [1.29, 1.82) is 5.26 Å². The maximum absolute atomic E-state index is 9.04. The van der Waals surface area contributed by atoms with E-state index in [2.05, 4.69) is 31.2 Å². The smallest absolute Gasteiger partial charge is 0.214 e. The third kappa shape index (κ3) is 2.60. The van der Waals surface area contributed by atoms with E-state index in [1.54, 1.807) is 15.9 Å². The second kappa shape index (κ2) is 5.65. The largest absolute Gasteiger partial charge is 0.381 e. The van der Waals surface area contributed by atoms with E-state index in [0.29, 0.717) is 5.56 Å². The van der Waals surface area contributed by atoms with Gasteiger partial charge < -0.3 is 10.6 Å². The molecule has 0 bridgehead atoms. The number of nitriles is 1. The minimum Gasteiger partial charge on any atom is -0.381 e. The summed E-state index contributed by atoms with van der Waals surface area (Å²) >= 11 is 1.56. The van der Waals surface area contributed by atoms with Crippen molar-refractivity contribution in [2.24, 2.45) is 0 Å². The lowest BCUT2D eigenvalue weighted by Crippen LogP contribution is -2.19. The fourth-order valence-corrected chi connectivity index (χ4v) is 3.16. The van der Waals surface area contributed by atoms with Gasteiger partial charge >= 0.3 is 0 Å². The van der Waals surface area contributed by atoms with Crippen LogP contribution in [0.5, 0.6) is 0 Å². The third-order valence-electron chi connectivity index (χ3n) is 3.38. The molecule has 0 saturated carbocycles. The Hall–Kier alpha value is -2.60. The van der Waals surface area contributed by atoms with Crippen molar-refractivity contribution < 1.29 is 0 Å². The Morgan fingerprint density at radius 3 is 3.09 bits per heavy atom. The van der Waals surface area contributed by atoms with Crippen molar-refractivity contribution in [2.75, 3.05) is 24.2 Å². The Labute approximate surface area is 131 Å². The number of hydrogen-bond acceptors (Lipinski definition) is 7. The summed E-state index contributed by atoms with van der Waals surface area (Å²) in [4.78, 5) is 7.38. The predicted molar refractivity (Wildman–Crippen MR) is 84.9 cm³/mol. The van der Waals surface area contributed by atoms with Crippen molar-refractivity contribution in [2.45, 2.75) is 19.8 Å². The van der Waals surface area contributed by atoms with Crippen LogP contribution in [0.1, 0.15) is 23.4 Å². The van der Waals surface area contributed by atoms with E-state index in [0.717, 1.165) is 40.9 Å². The van der Waals surface area contributed by atoms with E-state index in [9.17, 15) is 0 Å².